The third kappa shape index (κ3) is 5.65. The lowest BCUT2D eigenvalue weighted by Gasteiger charge is -2.43. The number of hydrogen-bond donors (Lipinski definition) is 1. The van der Waals surface area contributed by atoms with Gasteiger partial charge in [0.15, 0.2) is 9.84 Å². The number of amides is 1. The number of carbonyl (C=O) groups is 1. The summed E-state index contributed by atoms with van der Waals surface area (Å²) in [7, 11) is -3.00. The fourth-order valence-corrected chi connectivity index (χ4v) is 6.83. The average Bonchev–Trinajstić information content (AvgIpc) is 2.62. The number of nitrogens with zero attached hydrogens (tertiary/aromatic N) is 2. The maximum Gasteiger partial charge on any atom is 0.234 e. The summed E-state index contributed by atoms with van der Waals surface area (Å²) >= 11 is 0. The number of carbonyl (C=O) groups excluding carboxylic acids is 1. The first-order chi connectivity index (χ1) is 12.8. The second kappa shape index (κ2) is 9.20. The Bertz CT molecular complexity index is 610. The zero-order chi connectivity index (χ0) is 19.4. The molecule has 3 rings (SSSR count). The summed E-state index contributed by atoms with van der Waals surface area (Å²) in [5.41, 5.74) is 0. The van der Waals surface area contributed by atoms with Crippen molar-refractivity contribution < 1.29 is 17.9 Å². The van der Waals surface area contributed by atoms with Gasteiger partial charge in [0.05, 0.1) is 30.3 Å². The van der Waals surface area contributed by atoms with Crippen molar-refractivity contribution in [2.75, 3.05) is 51.6 Å². The van der Waals surface area contributed by atoms with Crippen LogP contribution in [-0.4, -0.2) is 93.1 Å². The Balaban J connectivity index is 1.46. The van der Waals surface area contributed by atoms with Crippen LogP contribution in [0.2, 0.25) is 0 Å². The summed E-state index contributed by atoms with van der Waals surface area (Å²) in [6, 6.07) is 0.00992. The molecule has 1 N–H and O–H groups in total. The third-order valence-corrected chi connectivity index (χ3v) is 8.20. The van der Waals surface area contributed by atoms with E-state index in [1.54, 1.807) is 0 Å². The van der Waals surface area contributed by atoms with Gasteiger partial charge in [-0.15, -0.1) is 0 Å². The van der Waals surface area contributed by atoms with Crippen LogP contribution in [0.4, 0.5) is 0 Å². The van der Waals surface area contributed by atoms with Crippen LogP contribution < -0.4 is 5.32 Å². The summed E-state index contributed by atoms with van der Waals surface area (Å²) in [4.78, 5) is 17.0. The van der Waals surface area contributed by atoms with Crippen molar-refractivity contribution in [2.45, 2.75) is 56.9 Å². The molecule has 1 saturated carbocycles. The Morgan fingerprint density at radius 1 is 1.22 bits per heavy atom. The van der Waals surface area contributed by atoms with Crippen molar-refractivity contribution >= 4 is 15.7 Å². The van der Waals surface area contributed by atoms with Crippen molar-refractivity contribution in [2.24, 2.45) is 5.92 Å². The lowest BCUT2D eigenvalue weighted by Crippen LogP contribution is -2.58. The molecule has 156 valence electrons. The first kappa shape index (κ1) is 21.0. The molecule has 3 unspecified atom stereocenters. The highest BCUT2D eigenvalue weighted by Crippen LogP contribution is 2.31. The highest BCUT2D eigenvalue weighted by molar-refractivity contribution is 7.92. The molecule has 0 bridgehead atoms. The van der Waals surface area contributed by atoms with E-state index >= 15 is 0 Å². The molecule has 27 heavy (non-hydrogen) atoms. The van der Waals surface area contributed by atoms with Crippen LogP contribution in [-0.2, 0) is 19.4 Å². The molecule has 0 aromatic heterocycles. The van der Waals surface area contributed by atoms with Crippen molar-refractivity contribution in [1.29, 1.82) is 0 Å². The largest absolute Gasteiger partial charge is 0.374 e. The Morgan fingerprint density at radius 2 is 2.00 bits per heavy atom. The molecule has 0 aromatic carbocycles. The monoisotopic (exact) mass is 401 g/mol. The molecular formula is C19H35N3O4S. The molecule has 3 aliphatic rings. The molecule has 7 nitrogen and oxygen atoms in total. The van der Waals surface area contributed by atoms with Gasteiger partial charge in [-0.25, -0.2) is 8.42 Å². The second-order valence-corrected chi connectivity index (χ2v) is 11.0. The van der Waals surface area contributed by atoms with Gasteiger partial charge in [0.25, 0.3) is 0 Å². The van der Waals surface area contributed by atoms with Crippen LogP contribution in [0.1, 0.15) is 39.5 Å². The van der Waals surface area contributed by atoms with Gasteiger partial charge in [0.2, 0.25) is 5.91 Å². The first-order valence-electron chi connectivity index (χ1n) is 10.4. The van der Waals surface area contributed by atoms with Crippen LogP contribution in [0, 0.1) is 5.92 Å². The van der Waals surface area contributed by atoms with Crippen LogP contribution in [0.5, 0.6) is 0 Å². The topological polar surface area (TPSA) is 79.0 Å². The highest BCUT2D eigenvalue weighted by Gasteiger charge is 2.42. The summed E-state index contributed by atoms with van der Waals surface area (Å²) in [5, 5.41) is 2.73. The van der Waals surface area contributed by atoms with Crippen molar-refractivity contribution in [3.05, 3.63) is 0 Å². The lowest BCUT2D eigenvalue weighted by molar-refractivity contribution is -0.124. The Kier molecular flexibility index (Phi) is 7.16. The number of hydrogen-bond acceptors (Lipinski definition) is 6. The fourth-order valence-electron chi connectivity index (χ4n) is 4.73. The molecule has 8 heteroatoms. The molecule has 0 aromatic rings. The molecule has 3 fully saturated rings. The van der Waals surface area contributed by atoms with E-state index < -0.39 is 9.84 Å². The minimum Gasteiger partial charge on any atom is -0.374 e. The van der Waals surface area contributed by atoms with Gasteiger partial charge in [-0.05, 0) is 18.8 Å². The minimum atomic E-state index is -3.00. The molecule has 2 aliphatic heterocycles. The molecule has 2 saturated heterocycles. The molecule has 0 radical (unpaired) electrons. The Hall–Kier alpha value is -0.700. The van der Waals surface area contributed by atoms with Gasteiger partial charge in [0.1, 0.15) is 0 Å². The third-order valence-electron chi connectivity index (χ3n) is 5.98. The number of fused-ring (bicyclic) bond motifs is 1. The maximum absolute atomic E-state index is 12.5. The zero-order valence-electron chi connectivity index (χ0n) is 16.7. The predicted octanol–water partition coefficient (Wildman–Crippen LogP) is 0.501. The zero-order valence-corrected chi connectivity index (χ0v) is 17.5. The van der Waals surface area contributed by atoms with E-state index in [0.29, 0.717) is 32.2 Å². The Morgan fingerprint density at radius 3 is 2.78 bits per heavy atom. The summed E-state index contributed by atoms with van der Waals surface area (Å²) in [6.07, 6.45) is 3.69. The summed E-state index contributed by atoms with van der Waals surface area (Å²) < 4.78 is 30.5. The molecular weight excluding hydrogens is 366 g/mol. The number of ether oxygens (including phenoxy) is 1. The molecule has 2 heterocycles. The number of morpholine rings is 1. The lowest BCUT2D eigenvalue weighted by atomic mass is 9.93. The van der Waals surface area contributed by atoms with Crippen molar-refractivity contribution in [3.8, 4) is 0 Å². The van der Waals surface area contributed by atoms with Gasteiger partial charge < -0.3 is 10.1 Å². The molecule has 1 aliphatic carbocycles. The van der Waals surface area contributed by atoms with Gasteiger partial charge >= 0.3 is 0 Å². The standard InChI is InChI=1S/C19H35N3O4S/c1-15(2)12-21-7-9-26-16(13-21)11-20-19(23)14-22-8-10-27(24,25)18-6-4-3-5-17(18)22/h15-18H,3-14H2,1-2H3,(H,20,23). The molecule has 1 amide bonds. The van der Waals surface area contributed by atoms with Crippen LogP contribution >= 0.6 is 0 Å². The van der Waals surface area contributed by atoms with E-state index in [-0.39, 0.29) is 29.1 Å². The minimum absolute atomic E-state index is 0.00992. The van der Waals surface area contributed by atoms with E-state index in [9.17, 15) is 13.2 Å². The van der Waals surface area contributed by atoms with E-state index in [0.717, 1.165) is 45.3 Å². The predicted molar refractivity (Wildman–Crippen MR) is 105 cm³/mol. The molecule has 3 atom stereocenters. The quantitative estimate of drug-likeness (QED) is 0.698. The smallest absolute Gasteiger partial charge is 0.234 e. The van der Waals surface area contributed by atoms with E-state index in [1.807, 2.05) is 0 Å². The normalized spacial score (nSPS) is 32.2. The number of sulfone groups is 1. The van der Waals surface area contributed by atoms with Gasteiger partial charge in [-0.1, -0.05) is 26.7 Å². The van der Waals surface area contributed by atoms with Crippen LogP contribution in [0.15, 0.2) is 0 Å². The van der Waals surface area contributed by atoms with Crippen molar-refractivity contribution in [3.63, 3.8) is 0 Å². The molecule has 0 spiro atoms. The van der Waals surface area contributed by atoms with Gasteiger partial charge in [-0.3, -0.25) is 14.6 Å². The fraction of sp³-hybridized carbons (Fsp3) is 0.947. The first-order valence-corrected chi connectivity index (χ1v) is 12.1. The SMILES string of the molecule is CC(C)CN1CCOC(CNC(=O)CN2CCS(=O)(=O)C3CCCCC32)C1. The van der Waals surface area contributed by atoms with Gasteiger partial charge in [0, 0.05) is 38.8 Å². The van der Waals surface area contributed by atoms with E-state index in [1.165, 1.54) is 0 Å². The van der Waals surface area contributed by atoms with Crippen LogP contribution in [0.3, 0.4) is 0 Å². The van der Waals surface area contributed by atoms with Crippen LogP contribution in [0.25, 0.3) is 0 Å². The Labute approximate surface area is 163 Å². The average molecular weight is 402 g/mol. The maximum atomic E-state index is 12.5. The van der Waals surface area contributed by atoms with E-state index in [4.69, 9.17) is 4.74 Å². The number of nitrogens with one attached hydrogen (secondary N) is 1. The van der Waals surface area contributed by atoms with E-state index in [2.05, 4.69) is 29.0 Å². The summed E-state index contributed by atoms with van der Waals surface area (Å²) in [5.74, 6) is 0.775. The van der Waals surface area contributed by atoms with Crippen molar-refractivity contribution in [1.82, 2.24) is 15.1 Å². The number of rotatable bonds is 6. The highest BCUT2D eigenvalue weighted by atomic mass is 32.2. The van der Waals surface area contributed by atoms with Gasteiger partial charge in [-0.2, -0.15) is 0 Å². The summed E-state index contributed by atoms with van der Waals surface area (Å²) in [6.45, 7) is 9.28. The second-order valence-electron chi connectivity index (χ2n) is 8.68.